The number of nitrogens with zero attached hydrogens (tertiary/aromatic N) is 7. The number of imide groups is 1. The lowest BCUT2D eigenvalue weighted by Crippen LogP contribution is -2.60. The molecule has 1 spiro atoms. The molecular weight excluding hydrogens is 767 g/mol. The van der Waals surface area contributed by atoms with Crippen molar-refractivity contribution < 1.29 is 28.3 Å². The van der Waals surface area contributed by atoms with E-state index in [9.17, 15) is 19.2 Å². The molecule has 3 saturated heterocycles. The van der Waals surface area contributed by atoms with Crippen molar-refractivity contribution in [3.8, 4) is 17.0 Å². The highest BCUT2D eigenvalue weighted by Gasteiger charge is 2.45. The number of nitrogens with one attached hydrogen (secondary N) is 2. The average molecular weight is 807 g/mol. The van der Waals surface area contributed by atoms with Crippen LogP contribution in [0, 0.1) is 11.2 Å². The Bertz CT molecular complexity index is 2480. The third-order valence-corrected chi connectivity index (χ3v) is 11.9. The number of anilines is 3. The standard InChI is InChI=1S/C41H40ClFN10O5/c42-26-8-11-45-32(20-26)47-37(55)24-2-4-29(30(43)19-24)34-35-36(44)46-12-16-52(35)40(49-34)51-14-9-41(10-15-51)22-50(23-41)13-1-17-58-27-3-5-28-25(18-27)21-53(39(28)57)31-6-7-33(54)48-38(31)56/h2-5,8,11-12,16,18-20,31H,1,6-7,9-10,13-15,17,21-23H2,(H2,44,46)(H,45,47,55)(H,48,54,56). The number of pyridine rings is 1. The Morgan fingerprint density at radius 3 is 2.62 bits per heavy atom. The van der Waals surface area contributed by atoms with Crippen molar-refractivity contribution in [3.05, 3.63) is 94.7 Å². The maximum absolute atomic E-state index is 15.8. The number of carbonyl (C=O) groups excluding carboxylic acids is 4. The molecule has 58 heavy (non-hydrogen) atoms. The van der Waals surface area contributed by atoms with Crippen molar-refractivity contribution in [1.29, 1.82) is 0 Å². The Balaban J connectivity index is 0.780. The SMILES string of the molecule is Nc1nccn2c(N3CCC4(CC3)CN(CCCOc3ccc5c(c3)CN(C3CCC(=O)NC3=O)C5=O)C4)nc(-c3ccc(C(=O)Nc4cc(Cl)ccn4)cc3F)c12. The summed E-state index contributed by atoms with van der Waals surface area (Å²) in [5, 5.41) is 5.38. The van der Waals surface area contributed by atoms with Crippen LogP contribution in [-0.4, -0.2) is 98.2 Å². The van der Waals surface area contributed by atoms with Crippen LogP contribution in [0.15, 0.2) is 67.1 Å². The zero-order chi connectivity index (χ0) is 40.1. The van der Waals surface area contributed by atoms with Gasteiger partial charge >= 0.3 is 0 Å². The number of hydrogen-bond acceptors (Lipinski definition) is 11. The summed E-state index contributed by atoms with van der Waals surface area (Å²) in [5.41, 5.74) is 9.12. The van der Waals surface area contributed by atoms with Gasteiger partial charge in [0.25, 0.3) is 11.8 Å². The third kappa shape index (κ3) is 7.06. The fourth-order valence-electron chi connectivity index (χ4n) is 8.65. The van der Waals surface area contributed by atoms with Gasteiger partial charge in [0.05, 0.1) is 6.61 Å². The van der Waals surface area contributed by atoms with E-state index in [2.05, 4.69) is 30.4 Å². The first-order valence-electron chi connectivity index (χ1n) is 19.3. The Morgan fingerprint density at radius 1 is 1.03 bits per heavy atom. The highest BCUT2D eigenvalue weighted by atomic mass is 35.5. The summed E-state index contributed by atoms with van der Waals surface area (Å²) in [6.07, 6.45) is 8.21. The highest BCUT2D eigenvalue weighted by Crippen LogP contribution is 2.42. The second-order valence-corrected chi connectivity index (χ2v) is 15.9. The number of nitrogen functional groups attached to an aromatic ring is 1. The minimum Gasteiger partial charge on any atom is -0.494 e. The second-order valence-electron chi connectivity index (χ2n) is 15.4. The Labute approximate surface area is 337 Å². The molecule has 0 saturated carbocycles. The summed E-state index contributed by atoms with van der Waals surface area (Å²) in [4.78, 5) is 69.3. The maximum Gasteiger partial charge on any atom is 0.256 e. The van der Waals surface area contributed by atoms with Crippen molar-refractivity contribution in [2.75, 3.05) is 55.3 Å². The van der Waals surface area contributed by atoms with Gasteiger partial charge in [0, 0.05) is 86.0 Å². The second kappa shape index (κ2) is 15.0. The van der Waals surface area contributed by atoms with E-state index >= 15 is 4.39 Å². The zero-order valence-corrected chi connectivity index (χ0v) is 32.2. The van der Waals surface area contributed by atoms with Crippen molar-refractivity contribution >= 4 is 58.3 Å². The van der Waals surface area contributed by atoms with E-state index in [0.29, 0.717) is 53.1 Å². The molecule has 3 aromatic heterocycles. The van der Waals surface area contributed by atoms with E-state index in [-0.39, 0.29) is 46.4 Å². The molecule has 0 aliphatic carbocycles. The molecule has 0 radical (unpaired) electrons. The number of rotatable bonds is 10. The van der Waals surface area contributed by atoms with Gasteiger partial charge in [-0.25, -0.2) is 19.3 Å². The number of nitrogens with two attached hydrogens (primary N) is 1. The molecule has 3 fully saturated rings. The van der Waals surface area contributed by atoms with Gasteiger partial charge in [-0.2, -0.15) is 0 Å². The molecule has 1 unspecified atom stereocenters. The Hall–Kier alpha value is -6.13. The summed E-state index contributed by atoms with van der Waals surface area (Å²) >= 11 is 6.01. The van der Waals surface area contributed by atoms with Gasteiger partial charge < -0.3 is 30.5 Å². The number of carbonyl (C=O) groups is 4. The number of aromatic nitrogens is 4. The fraction of sp³-hybridized carbons (Fsp3) is 0.341. The van der Waals surface area contributed by atoms with Gasteiger partial charge in [-0.1, -0.05) is 11.6 Å². The van der Waals surface area contributed by atoms with Crippen LogP contribution >= 0.6 is 11.6 Å². The normalized spacial score (nSPS) is 19.0. The first-order chi connectivity index (χ1) is 28.0. The summed E-state index contributed by atoms with van der Waals surface area (Å²) in [7, 11) is 0. The number of hydrogen-bond donors (Lipinski definition) is 3. The summed E-state index contributed by atoms with van der Waals surface area (Å²) in [6, 6.07) is 12.1. The number of amides is 4. The molecule has 0 bridgehead atoms. The molecule has 15 nitrogen and oxygen atoms in total. The molecule has 5 aromatic rings. The molecule has 2 aromatic carbocycles. The van der Waals surface area contributed by atoms with Crippen molar-refractivity contribution in [2.45, 2.75) is 44.7 Å². The van der Waals surface area contributed by atoms with Crippen LogP contribution in [0.5, 0.6) is 5.75 Å². The van der Waals surface area contributed by atoms with Crippen molar-refractivity contribution in [3.63, 3.8) is 0 Å². The largest absolute Gasteiger partial charge is 0.494 e. The third-order valence-electron chi connectivity index (χ3n) is 11.6. The minimum absolute atomic E-state index is 0.112. The number of fused-ring (bicyclic) bond motifs is 2. The molecule has 4 aliphatic rings. The highest BCUT2D eigenvalue weighted by molar-refractivity contribution is 6.30. The number of ether oxygens (including phenoxy) is 1. The van der Waals surface area contributed by atoms with E-state index in [4.69, 9.17) is 27.1 Å². The molecule has 7 heterocycles. The first kappa shape index (κ1) is 37.4. The van der Waals surface area contributed by atoms with Crippen LogP contribution in [0.2, 0.25) is 5.02 Å². The van der Waals surface area contributed by atoms with Gasteiger partial charge in [0.1, 0.15) is 40.5 Å². The van der Waals surface area contributed by atoms with Crippen LogP contribution in [0.25, 0.3) is 16.8 Å². The maximum atomic E-state index is 15.8. The molecule has 9 rings (SSSR count). The summed E-state index contributed by atoms with van der Waals surface area (Å²) in [6.45, 7) is 5.31. The molecular formula is C41H40ClFN10O5. The number of benzene rings is 2. The topological polar surface area (TPSA) is 180 Å². The van der Waals surface area contributed by atoms with E-state index < -0.39 is 23.7 Å². The molecule has 4 amide bonds. The predicted molar refractivity (Wildman–Crippen MR) is 213 cm³/mol. The lowest BCUT2D eigenvalue weighted by molar-refractivity contribution is -0.136. The van der Waals surface area contributed by atoms with Gasteiger partial charge in [-0.3, -0.25) is 28.9 Å². The number of halogens is 2. The smallest absolute Gasteiger partial charge is 0.256 e. The van der Waals surface area contributed by atoms with Gasteiger partial charge in [-0.05, 0) is 85.2 Å². The van der Waals surface area contributed by atoms with Crippen LogP contribution in [0.1, 0.15) is 58.4 Å². The average Bonchev–Trinajstić information content (AvgIpc) is 3.74. The van der Waals surface area contributed by atoms with Crippen LogP contribution in [0.3, 0.4) is 0 Å². The van der Waals surface area contributed by atoms with Gasteiger partial charge in [0.15, 0.2) is 0 Å². The van der Waals surface area contributed by atoms with Crippen LogP contribution in [0.4, 0.5) is 22.0 Å². The molecule has 4 aliphatic heterocycles. The van der Waals surface area contributed by atoms with Crippen LogP contribution < -0.4 is 26.0 Å². The van der Waals surface area contributed by atoms with E-state index in [0.717, 1.165) is 57.5 Å². The molecule has 17 heteroatoms. The lowest BCUT2D eigenvalue weighted by Gasteiger charge is -2.54. The molecule has 1 atom stereocenters. The lowest BCUT2D eigenvalue weighted by atomic mass is 9.72. The molecule has 4 N–H and O–H groups in total. The zero-order valence-electron chi connectivity index (χ0n) is 31.4. The summed E-state index contributed by atoms with van der Waals surface area (Å²) in [5.74, 6) is -0.259. The quantitative estimate of drug-likeness (QED) is 0.133. The first-order valence-corrected chi connectivity index (χ1v) is 19.6. The van der Waals surface area contributed by atoms with Crippen molar-refractivity contribution in [2.24, 2.45) is 5.41 Å². The van der Waals surface area contributed by atoms with E-state index in [1.54, 1.807) is 30.6 Å². The van der Waals surface area contributed by atoms with E-state index in [1.807, 2.05) is 10.5 Å². The van der Waals surface area contributed by atoms with Crippen LogP contribution in [-0.2, 0) is 16.1 Å². The van der Waals surface area contributed by atoms with Gasteiger partial charge in [0.2, 0.25) is 17.8 Å². The Morgan fingerprint density at radius 2 is 1.84 bits per heavy atom. The van der Waals surface area contributed by atoms with E-state index in [1.165, 1.54) is 35.4 Å². The number of piperidine rings is 2. The Kier molecular flexibility index (Phi) is 9.68. The van der Waals surface area contributed by atoms with Gasteiger partial charge in [-0.15, -0.1) is 0 Å². The molecule has 298 valence electrons. The predicted octanol–water partition coefficient (Wildman–Crippen LogP) is 4.55. The fourth-order valence-corrected chi connectivity index (χ4v) is 8.81. The van der Waals surface area contributed by atoms with Crippen molar-refractivity contribution in [1.82, 2.24) is 34.5 Å². The number of likely N-dealkylation sites (tertiary alicyclic amines) is 1. The summed E-state index contributed by atoms with van der Waals surface area (Å²) < 4.78 is 23.7. The number of imidazole rings is 1. The minimum atomic E-state index is -0.645. The monoisotopic (exact) mass is 806 g/mol.